The number of hydrogen-bond donors (Lipinski definition) is 0. The van der Waals surface area contributed by atoms with E-state index in [0.717, 1.165) is 11.4 Å². The molecule has 2 heteroatoms. The van der Waals surface area contributed by atoms with Crippen molar-refractivity contribution in [2.24, 2.45) is 0 Å². The SMILES string of the molecule is Cc1ccc(Cl)cc1Cc1[c]scc1. The zero-order chi connectivity index (χ0) is 9.97. The number of benzene rings is 1. The number of hydrogen-bond acceptors (Lipinski definition) is 1. The standard InChI is InChI=1S/C12H10ClS/c1-9-2-3-12(13)7-11(9)6-10-4-5-14-8-10/h2-5,7H,6H2,1H3. The summed E-state index contributed by atoms with van der Waals surface area (Å²) >= 11 is 7.56. The average molecular weight is 222 g/mol. The van der Waals surface area contributed by atoms with Crippen LogP contribution in [0.3, 0.4) is 0 Å². The molecule has 2 aromatic rings. The topological polar surface area (TPSA) is 0 Å². The van der Waals surface area contributed by atoms with E-state index in [1.807, 2.05) is 12.1 Å². The molecular formula is C12H10ClS. The van der Waals surface area contributed by atoms with Crippen molar-refractivity contribution in [3.63, 3.8) is 0 Å². The maximum absolute atomic E-state index is 5.95. The second-order valence-electron chi connectivity index (χ2n) is 3.30. The van der Waals surface area contributed by atoms with Crippen LogP contribution < -0.4 is 0 Å². The Morgan fingerprint density at radius 3 is 2.93 bits per heavy atom. The van der Waals surface area contributed by atoms with Gasteiger partial charge in [-0.25, -0.2) is 0 Å². The highest BCUT2D eigenvalue weighted by Crippen LogP contribution is 2.19. The molecule has 2 rings (SSSR count). The van der Waals surface area contributed by atoms with Gasteiger partial charge in [-0.3, -0.25) is 0 Å². The lowest BCUT2D eigenvalue weighted by Crippen LogP contribution is -1.89. The lowest BCUT2D eigenvalue weighted by atomic mass is 10.0. The molecular weight excluding hydrogens is 212 g/mol. The van der Waals surface area contributed by atoms with Crippen molar-refractivity contribution in [3.8, 4) is 0 Å². The zero-order valence-corrected chi connectivity index (χ0v) is 9.45. The van der Waals surface area contributed by atoms with Crippen LogP contribution in [0.2, 0.25) is 5.02 Å². The van der Waals surface area contributed by atoms with E-state index >= 15 is 0 Å². The van der Waals surface area contributed by atoms with Gasteiger partial charge in [0.2, 0.25) is 0 Å². The Balaban J connectivity index is 2.28. The first-order chi connectivity index (χ1) is 6.75. The molecule has 0 amide bonds. The van der Waals surface area contributed by atoms with Crippen molar-refractivity contribution in [1.29, 1.82) is 0 Å². The second-order valence-corrected chi connectivity index (χ2v) is 4.44. The summed E-state index contributed by atoms with van der Waals surface area (Å²) in [6, 6.07) is 8.12. The first-order valence-corrected chi connectivity index (χ1v) is 5.70. The zero-order valence-electron chi connectivity index (χ0n) is 7.88. The molecule has 0 aliphatic rings. The van der Waals surface area contributed by atoms with E-state index in [4.69, 9.17) is 11.6 Å². The first kappa shape index (κ1) is 9.75. The quantitative estimate of drug-likeness (QED) is 0.716. The molecule has 0 atom stereocenters. The highest BCUT2D eigenvalue weighted by Gasteiger charge is 2.01. The molecule has 0 aliphatic heterocycles. The molecule has 1 aromatic heterocycles. The molecule has 0 fully saturated rings. The van der Waals surface area contributed by atoms with Gasteiger partial charge in [0.25, 0.3) is 0 Å². The predicted molar refractivity (Wildman–Crippen MR) is 62.2 cm³/mol. The van der Waals surface area contributed by atoms with Crippen molar-refractivity contribution in [2.75, 3.05) is 0 Å². The van der Waals surface area contributed by atoms with E-state index in [9.17, 15) is 0 Å². The van der Waals surface area contributed by atoms with Crippen molar-refractivity contribution in [2.45, 2.75) is 13.3 Å². The molecule has 0 bridgehead atoms. The molecule has 1 heterocycles. The van der Waals surface area contributed by atoms with Gasteiger partial charge in [-0.15, -0.1) is 11.3 Å². The molecule has 0 nitrogen and oxygen atoms in total. The molecule has 14 heavy (non-hydrogen) atoms. The summed E-state index contributed by atoms with van der Waals surface area (Å²) in [5.74, 6) is 0. The Hall–Kier alpha value is -0.790. The Bertz CT molecular complexity index is 418. The molecule has 1 aromatic carbocycles. The van der Waals surface area contributed by atoms with Crippen molar-refractivity contribution >= 4 is 22.9 Å². The molecule has 0 saturated carbocycles. The minimum Gasteiger partial charge on any atom is -0.143 e. The second kappa shape index (κ2) is 4.16. The highest BCUT2D eigenvalue weighted by atomic mass is 35.5. The van der Waals surface area contributed by atoms with E-state index in [1.54, 1.807) is 11.3 Å². The third-order valence-corrected chi connectivity index (χ3v) is 3.11. The fourth-order valence-electron chi connectivity index (χ4n) is 1.39. The summed E-state index contributed by atoms with van der Waals surface area (Å²) in [5.41, 5.74) is 3.81. The van der Waals surface area contributed by atoms with Gasteiger partial charge >= 0.3 is 0 Å². The molecule has 0 N–H and O–H groups in total. The minimum atomic E-state index is 0.806. The van der Waals surface area contributed by atoms with Gasteiger partial charge in [0.15, 0.2) is 0 Å². The predicted octanol–water partition coefficient (Wildman–Crippen LogP) is 4.10. The van der Waals surface area contributed by atoms with Crippen LogP contribution in [0.4, 0.5) is 0 Å². The first-order valence-electron chi connectivity index (χ1n) is 4.45. The Morgan fingerprint density at radius 1 is 1.36 bits per heavy atom. The van der Waals surface area contributed by atoms with Crippen LogP contribution in [-0.4, -0.2) is 0 Å². The van der Waals surface area contributed by atoms with Crippen LogP contribution in [0, 0.1) is 12.3 Å². The minimum absolute atomic E-state index is 0.806. The maximum Gasteiger partial charge on any atom is 0.0480 e. The maximum atomic E-state index is 5.95. The summed E-state index contributed by atoms with van der Waals surface area (Å²) in [6.45, 7) is 2.11. The average Bonchev–Trinajstić information content (AvgIpc) is 2.64. The largest absolute Gasteiger partial charge is 0.143 e. The van der Waals surface area contributed by atoms with Gasteiger partial charge in [-0.1, -0.05) is 17.7 Å². The summed E-state index contributed by atoms with van der Waals surface area (Å²) in [7, 11) is 0. The van der Waals surface area contributed by atoms with Gasteiger partial charge in [0.1, 0.15) is 0 Å². The van der Waals surface area contributed by atoms with Crippen LogP contribution in [0.1, 0.15) is 16.7 Å². The van der Waals surface area contributed by atoms with Gasteiger partial charge < -0.3 is 0 Å². The van der Waals surface area contributed by atoms with E-state index in [2.05, 4.69) is 29.8 Å². The number of thiophene rings is 1. The van der Waals surface area contributed by atoms with Crippen LogP contribution >= 0.6 is 22.9 Å². The summed E-state index contributed by atoms with van der Waals surface area (Å²) in [6.07, 6.45) is 0.926. The van der Waals surface area contributed by atoms with Crippen LogP contribution in [0.15, 0.2) is 29.6 Å². The van der Waals surface area contributed by atoms with Crippen LogP contribution in [0.25, 0.3) is 0 Å². The number of halogens is 1. The lowest BCUT2D eigenvalue weighted by molar-refractivity contribution is 1.17. The third-order valence-electron chi connectivity index (χ3n) is 2.22. The van der Waals surface area contributed by atoms with E-state index in [0.29, 0.717) is 0 Å². The van der Waals surface area contributed by atoms with Gasteiger partial charge in [-0.05, 0) is 53.6 Å². The fraction of sp³-hybridized carbons (Fsp3) is 0.167. The molecule has 0 unspecified atom stereocenters. The van der Waals surface area contributed by atoms with E-state index in [1.165, 1.54) is 16.7 Å². The molecule has 0 saturated heterocycles. The Labute approximate surface area is 93.2 Å². The molecule has 0 aliphatic carbocycles. The van der Waals surface area contributed by atoms with E-state index in [-0.39, 0.29) is 0 Å². The molecule has 0 spiro atoms. The van der Waals surface area contributed by atoms with Crippen molar-refractivity contribution in [3.05, 3.63) is 56.7 Å². The van der Waals surface area contributed by atoms with Crippen molar-refractivity contribution in [1.82, 2.24) is 0 Å². The number of aryl methyl sites for hydroxylation is 1. The lowest BCUT2D eigenvalue weighted by Gasteiger charge is -2.04. The normalized spacial score (nSPS) is 10.4. The van der Waals surface area contributed by atoms with Gasteiger partial charge in [0.05, 0.1) is 0 Å². The molecule has 1 radical (unpaired) electrons. The summed E-state index contributed by atoms with van der Waals surface area (Å²) < 4.78 is 0. The number of rotatable bonds is 2. The van der Waals surface area contributed by atoms with Crippen molar-refractivity contribution < 1.29 is 0 Å². The summed E-state index contributed by atoms with van der Waals surface area (Å²) in [5, 5.41) is 6.09. The van der Waals surface area contributed by atoms with Gasteiger partial charge in [-0.2, -0.15) is 0 Å². The highest BCUT2D eigenvalue weighted by molar-refractivity contribution is 7.07. The Morgan fingerprint density at radius 2 is 2.21 bits per heavy atom. The van der Waals surface area contributed by atoms with Gasteiger partial charge in [0, 0.05) is 10.4 Å². The fourth-order valence-corrected chi connectivity index (χ4v) is 2.18. The van der Waals surface area contributed by atoms with E-state index < -0.39 is 0 Å². The summed E-state index contributed by atoms with van der Waals surface area (Å²) in [4.78, 5) is 0. The Kier molecular flexibility index (Phi) is 2.90. The smallest absolute Gasteiger partial charge is 0.0480 e. The molecule has 71 valence electrons. The van der Waals surface area contributed by atoms with Crippen LogP contribution in [0.5, 0.6) is 0 Å². The van der Waals surface area contributed by atoms with Crippen LogP contribution in [-0.2, 0) is 6.42 Å². The third kappa shape index (κ3) is 2.17. The monoisotopic (exact) mass is 221 g/mol.